The predicted molar refractivity (Wildman–Crippen MR) is 180 cm³/mol. The van der Waals surface area contributed by atoms with E-state index in [4.69, 9.17) is 14.2 Å². The van der Waals surface area contributed by atoms with Gasteiger partial charge in [0.25, 0.3) is 0 Å². The molecule has 0 amide bonds. The van der Waals surface area contributed by atoms with Gasteiger partial charge in [-0.15, -0.1) is 0 Å². The smallest absolute Gasteiger partial charge is 0.338 e. The van der Waals surface area contributed by atoms with Crippen LogP contribution in [0.5, 0.6) is 80.5 Å². The van der Waals surface area contributed by atoms with Gasteiger partial charge < -0.3 is 80.6 Å². The van der Waals surface area contributed by atoms with Crippen molar-refractivity contribution in [3.63, 3.8) is 0 Å². The van der Waals surface area contributed by atoms with E-state index in [1.54, 1.807) is 0 Å². The molecule has 0 saturated heterocycles. The highest BCUT2D eigenvalue weighted by Crippen LogP contribution is 2.58. The van der Waals surface area contributed by atoms with E-state index in [0.29, 0.717) is 0 Å². The number of ether oxygens (including phenoxy) is 3. The first kappa shape index (κ1) is 35.1. The summed E-state index contributed by atoms with van der Waals surface area (Å²) in [7, 11) is 0. The van der Waals surface area contributed by atoms with E-state index in [1.165, 1.54) is 6.07 Å². The molecule has 5 aromatic carbocycles. The van der Waals surface area contributed by atoms with E-state index >= 15 is 0 Å². The van der Waals surface area contributed by atoms with Gasteiger partial charge in [0, 0.05) is 46.9 Å². The van der Waals surface area contributed by atoms with Crippen LogP contribution in [0.3, 0.4) is 0 Å². The molecule has 0 aromatic heterocycles. The topological polar surface area (TPSA) is 308 Å². The molecule has 13 N–H and O–H groups in total. The third kappa shape index (κ3) is 5.77. The molecule has 17 nitrogen and oxygen atoms in total. The Hall–Kier alpha value is -7.27. The number of phenols is 12. The minimum absolute atomic E-state index is 0.0733. The van der Waals surface area contributed by atoms with Gasteiger partial charge in [0.2, 0.25) is 0 Å². The number of benzene rings is 5. The fraction of sp³-hybridized carbons (Fsp3) is 0.162. The molecule has 0 saturated carbocycles. The van der Waals surface area contributed by atoms with E-state index in [2.05, 4.69) is 0 Å². The van der Waals surface area contributed by atoms with Gasteiger partial charge in [0.1, 0.15) is 40.6 Å². The number of hydrogen-bond donors (Lipinski definition) is 13. The maximum atomic E-state index is 13.9. The van der Waals surface area contributed by atoms with Crippen LogP contribution in [0.15, 0.2) is 60.7 Å². The number of aliphatic hydroxyl groups is 1. The summed E-state index contributed by atoms with van der Waals surface area (Å²) in [5.41, 5.74) is -1.20. The second-order valence-electron chi connectivity index (χ2n) is 12.7. The lowest BCUT2D eigenvalue weighted by atomic mass is 9.77. The second-order valence-corrected chi connectivity index (χ2v) is 12.7. The van der Waals surface area contributed by atoms with Crippen molar-refractivity contribution in [1.29, 1.82) is 0 Å². The average Bonchev–Trinajstić information content (AvgIpc) is 3.10. The Morgan fingerprint density at radius 3 is 1.80 bits per heavy atom. The maximum Gasteiger partial charge on any atom is 0.338 e. The van der Waals surface area contributed by atoms with Crippen molar-refractivity contribution in [2.24, 2.45) is 0 Å². The summed E-state index contributed by atoms with van der Waals surface area (Å²) in [6, 6.07) is 9.83. The van der Waals surface area contributed by atoms with Crippen molar-refractivity contribution < 1.29 is 85.4 Å². The third-order valence-corrected chi connectivity index (χ3v) is 9.29. The first-order chi connectivity index (χ1) is 25.5. The van der Waals surface area contributed by atoms with Crippen LogP contribution in [0.4, 0.5) is 0 Å². The fourth-order valence-electron chi connectivity index (χ4n) is 6.80. The number of rotatable bonds is 5. The predicted octanol–water partition coefficient (Wildman–Crippen LogP) is 3.68. The second kappa shape index (κ2) is 12.7. The molecule has 0 aliphatic carbocycles. The summed E-state index contributed by atoms with van der Waals surface area (Å²) in [4.78, 5) is 13.9. The highest BCUT2D eigenvalue weighted by atomic mass is 16.6. The normalized spacial score (nSPS) is 20.2. The molecule has 17 heteroatoms. The van der Waals surface area contributed by atoms with Gasteiger partial charge in [-0.2, -0.15) is 0 Å². The first-order valence-electron chi connectivity index (χ1n) is 15.9. The largest absolute Gasteiger partial charge is 0.508 e. The Morgan fingerprint density at radius 2 is 1.17 bits per heavy atom. The zero-order valence-corrected chi connectivity index (χ0v) is 27.3. The molecule has 5 aromatic rings. The quantitative estimate of drug-likeness (QED) is 0.0901. The van der Waals surface area contributed by atoms with Crippen LogP contribution >= 0.6 is 0 Å². The Bertz CT molecular complexity index is 2310. The maximum absolute atomic E-state index is 13.9. The lowest BCUT2D eigenvalue weighted by molar-refractivity contribution is -0.0286. The van der Waals surface area contributed by atoms with E-state index in [-0.39, 0.29) is 45.7 Å². The summed E-state index contributed by atoms with van der Waals surface area (Å²) in [6.07, 6.45) is -6.57. The molecule has 54 heavy (non-hydrogen) atoms. The summed E-state index contributed by atoms with van der Waals surface area (Å²) in [5, 5.41) is 137. The molecule has 7 rings (SSSR count). The summed E-state index contributed by atoms with van der Waals surface area (Å²) in [6.45, 7) is 0. The van der Waals surface area contributed by atoms with E-state index in [0.717, 1.165) is 54.6 Å². The Labute approximate surface area is 302 Å². The Morgan fingerprint density at radius 1 is 0.574 bits per heavy atom. The summed E-state index contributed by atoms with van der Waals surface area (Å²) < 4.78 is 18.3. The minimum atomic E-state index is -1.84. The standard InChI is InChI=1S/C37H30O17/c38-15-8-20(42)28-27(9-15)52-34(13-4-22(44)31(49)23(45)5-13)36(54-37(51)14-6-24(46)32(50)25(47)7-14)30(28)29-21(43)11-18(40)16-10-26(48)33(53-35(16)29)12-1-2-17(39)19(41)3-12/h1-9,11,26,30,33-34,36,38-50H,10H2. The number of carbonyl (C=O) groups excluding carboxylic acids is 1. The van der Waals surface area contributed by atoms with Crippen molar-refractivity contribution in [2.75, 3.05) is 0 Å². The summed E-state index contributed by atoms with van der Waals surface area (Å²) >= 11 is 0. The lowest BCUT2D eigenvalue weighted by Crippen LogP contribution is -2.39. The van der Waals surface area contributed by atoms with Crippen LogP contribution in [0.1, 0.15) is 56.3 Å². The van der Waals surface area contributed by atoms with Crippen molar-refractivity contribution in [2.45, 2.75) is 36.8 Å². The highest BCUT2D eigenvalue weighted by molar-refractivity contribution is 5.91. The molecule has 5 atom stereocenters. The number of hydrogen-bond acceptors (Lipinski definition) is 17. The van der Waals surface area contributed by atoms with E-state index < -0.39 is 111 Å². The van der Waals surface area contributed by atoms with Gasteiger partial charge in [-0.25, -0.2) is 4.79 Å². The zero-order valence-electron chi connectivity index (χ0n) is 27.3. The molecule has 2 aliphatic rings. The number of esters is 1. The molecular formula is C37H30O17. The van der Waals surface area contributed by atoms with Gasteiger partial charge in [0.15, 0.2) is 58.2 Å². The van der Waals surface area contributed by atoms with Crippen molar-refractivity contribution in [1.82, 2.24) is 0 Å². The van der Waals surface area contributed by atoms with Crippen LogP contribution in [-0.4, -0.2) is 84.6 Å². The van der Waals surface area contributed by atoms with Crippen molar-refractivity contribution in [3.8, 4) is 80.5 Å². The van der Waals surface area contributed by atoms with Gasteiger partial charge in [-0.3, -0.25) is 0 Å². The Kier molecular flexibility index (Phi) is 8.29. The highest BCUT2D eigenvalue weighted by Gasteiger charge is 2.49. The molecule has 0 spiro atoms. The molecule has 0 fully saturated rings. The van der Waals surface area contributed by atoms with Crippen LogP contribution in [0.25, 0.3) is 0 Å². The van der Waals surface area contributed by atoms with Crippen LogP contribution in [0, 0.1) is 0 Å². The van der Waals surface area contributed by atoms with E-state index in [9.17, 15) is 71.2 Å². The van der Waals surface area contributed by atoms with Crippen LogP contribution in [-0.2, 0) is 11.2 Å². The number of aliphatic hydroxyl groups excluding tert-OH is 1. The number of phenolic OH excluding ortho intramolecular Hbond substituents is 12. The van der Waals surface area contributed by atoms with Crippen LogP contribution < -0.4 is 9.47 Å². The van der Waals surface area contributed by atoms with Gasteiger partial charge >= 0.3 is 5.97 Å². The number of carbonyl (C=O) groups is 1. The Balaban J connectivity index is 1.49. The molecule has 280 valence electrons. The van der Waals surface area contributed by atoms with Gasteiger partial charge in [0.05, 0.1) is 17.6 Å². The average molecular weight is 747 g/mol. The minimum Gasteiger partial charge on any atom is -0.508 e. The van der Waals surface area contributed by atoms with Crippen molar-refractivity contribution >= 4 is 5.97 Å². The SMILES string of the molecule is O=C(OC1C(c2cc(O)c(O)c(O)c2)Oc2cc(O)cc(O)c2C1c1c(O)cc(O)c2c1OC(c1ccc(O)c(O)c1)C(O)C2)c1cc(O)c(O)c(O)c1. The number of aromatic hydroxyl groups is 12. The van der Waals surface area contributed by atoms with Gasteiger partial charge in [-0.05, 0) is 42.0 Å². The monoisotopic (exact) mass is 746 g/mol. The summed E-state index contributed by atoms with van der Waals surface area (Å²) in [5.74, 6) is -12.5. The molecule has 5 unspecified atom stereocenters. The molecule has 2 heterocycles. The van der Waals surface area contributed by atoms with Gasteiger partial charge in [-0.1, -0.05) is 6.07 Å². The van der Waals surface area contributed by atoms with E-state index in [1.807, 2.05) is 0 Å². The lowest BCUT2D eigenvalue weighted by Gasteiger charge is -2.41. The van der Waals surface area contributed by atoms with Crippen LogP contribution in [0.2, 0.25) is 0 Å². The molecular weight excluding hydrogens is 716 g/mol. The zero-order chi connectivity index (χ0) is 38.9. The number of fused-ring (bicyclic) bond motifs is 2. The molecule has 2 aliphatic heterocycles. The first-order valence-corrected chi connectivity index (χ1v) is 15.9. The van der Waals surface area contributed by atoms with Crippen molar-refractivity contribution in [3.05, 3.63) is 94.0 Å². The molecule has 0 bridgehead atoms. The third-order valence-electron chi connectivity index (χ3n) is 9.29. The fourth-order valence-corrected chi connectivity index (χ4v) is 6.80. The molecule has 0 radical (unpaired) electrons.